The molecule has 0 aromatic carbocycles. The second-order valence-corrected chi connectivity index (χ2v) is 4.80. The Labute approximate surface area is 113 Å². The lowest BCUT2D eigenvalue weighted by atomic mass is 10.2. The standard InChI is InChI=1S/C14H21N3O2/c1-3-15-10-6-7-16-13(9-10)14(18)17-11-4-5-12(8-11)19-2/h6-7,9,11-12H,3-5,8H2,1-2H3,(H,15,16)(H,17,18). The van der Waals surface area contributed by atoms with Gasteiger partial charge in [-0.25, -0.2) is 0 Å². The lowest BCUT2D eigenvalue weighted by molar-refractivity contribution is 0.0910. The van der Waals surface area contributed by atoms with Crippen molar-refractivity contribution in [3.63, 3.8) is 0 Å². The lowest BCUT2D eigenvalue weighted by Crippen LogP contribution is -2.33. The Bertz CT molecular complexity index is 436. The lowest BCUT2D eigenvalue weighted by Gasteiger charge is -2.13. The first kappa shape index (κ1) is 13.8. The number of aromatic nitrogens is 1. The van der Waals surface area contributed by atoms with Gasteiger partial charge in [0, 0.05) is 31.6 Å². The third-order valence-corrected chi connectivity index (χ3v) is 3.43. The summed E-state index contributed by atoms with van der Waals surface area (Å²) in [6, 6.07) is 3.83. The fourth-order valence-corrected chi connectivity index (χ4v) is 2.41. The summed E-state index contributed by atoms with van der Waals surface area (Å²) >= 11 is 0. The Morgan fingerprint density at radius 3 is 3.05 bits per heavy atom. The molecule has 1 aromatic heterocycles. The van der Waals surface area contributed by atoms with Crippen LogP contribution >= 0.6 is 0 Å². The minimum absolute atomic E-state index is 0.110. The van der Waals surface area contributed by atoms with E-state index >= 15 is 0 Å². The number of hydrogen-bond acceptors (Lipinski definition) is 4. The second kappa shape index (κ2) is 6.52. The van der Waals surface area contributed by atoms with Crippen LogP contribution in [0.4, 0.5) is 5.69 Å². The van der Waals surface area contributed by atoms with Crippen molar-refractivity contribution in [2.75, 3.05) is 19.0 Å². The first-order valence-corrected chi connectivity index (χ1v) is 6.76. The molecule has 1 fully saturated rings. The summed E-state index contributed by atoms with van der Waals surface area (Å²) in [4.78, 5) is 16.2. The van der Waals surface area contributed by atoms with Gasteiger partial charge in [-0.15, -0.1) is 0 Å². The number of ether oxygens (including phenoxy) is 1. The number of carbonyl (C=O) groups is 1. The predicted octanol–water partition coefficient (Wildman–Crippen LogP) is 1.81. The van der Waals surface area contributed by atoms with Crippen LogP contribution in [0.15, 0.2) is 18.3 Å². The van der Waals surface area contributed by atoms with Gasteiger partial charge in [0.1, 0.15) is 5.69 Å². The zero-order valence-corrected chi connectivity index (χ0v) is 11.5. The van der Waals surface area contributed by atoms with Gasteiger partial charge in [-0.2, -0.15) is 0 Å². The van der Waals surface area contributed by atoms with E-state index in [1.807, 2.05) is 13.0 Å². The molecule has 5 nitrogen and oxygen atoms in total. The van der Waals surface area contributed by atoms with E-state index in [2.05, 4.69) is 15.6 Å². The van der Waals surface area contributed by atoms with Crippen molar-refractivity contribution in [3.8, 4) is 0 Å². The summed E-state index contributed by atoms with van der Waals surface area (Å²) in [5.74, 6) is -0.110. The van der Waals surface area contributed by atoms with Crippen LogP contribution in [0.2, 0.25) is 0 Å². The van der Waals surface area contributed by atoms with Crippen LogP contribution in [0.25, 0.3) is 0 Å². The van der Waals surface area contributed by atoms with E-state index in [1.165, 1.54) is 0 Å². The predicted molar refractivity (Wildman–Crippen MR) is 74.3 cm³/mol. The fourth-order valence-electron chi connectivity index (χ4n) is 2.41. The highest BCUT2D eigenvalue weighted by molar-refractivity contribution is 5.93. The highest BCUT2D eigenvalue weighted by atomic mass is 16.5. The molecule has 2 rings (SSSR count). The van der Waals surface area contributed by atoms with E-state index in [1.54, 1.807) is 19.4 Å². The number of nitrogens with one attached hydrogen (secondary N) is 2. The first-order chi connectivity index (χ1) is 9.22. The van der Waals surface area contributed by atoms with Crippen molar-refractivity contribution < 1.29 is 9.53 Å². The van der Waals surface area contributed by atoms with Crippen LogP contribution in [-0.2, 0) is 4.74 Å². The third-order valence-electron chi connectivity index (χ3n) is 3.43. The van der Waals surface area contributed by atoms with Gasteiger partial charge >= 0.3 is 0 Å². The molecule has 0 saturated heterocycles. The normalized spacial score (nSPS) is 22.2. The van der Waals surface area contributed by atoms with Gasteiger partial charge in [0.15, 0.2) is 0 Å². The summed E-state index contributed by atoms with van der Waals surface area (Å²) in [6.45, 7) is 2.84. The number of amides is 1. The maximum atomic E-state index is 12.1. The van der Waals surface area contributed by atoms with Crippen molar-refractivity contribution in [1.82, 2.24) is 10.3 Å². The Kier molecular flexibility index (Phi) is 4.74. The number of carbonyl (C=O) groups excluding carboxylic acids is 1. The number of rotatable bonds is 5. The molecule has 1 aliphatic carbocycles. The van der Waals surface area contributed by atoms with E-state index in [-0.39, 0.29) is 18.1 Å². The largest absolute Gasteiger partial charge is 0.385 e. The molecule has 0 aliphatic heterocycles. The quantitative estimate of drug-likeness (QED) is 0.850. The van der Waals surface area contributed by atoms with Gasteiger partial charge in [0.2, 0.25) is 0 Å². The number of anilines is 1. The fraction of sp³-hybridized carbons (Fsp3) is 0.571. The van der Waals surface area contributed by atoms with Crippen LogP contribution < -0.4 is 10.6 Å². The van der Waals surface area contributed by atoms with Gasteiger partial charge in [0.05, 0.1) is 6.10 Å². The van der Waals surface area contributed by atoms with Gasteiger partial charge in [-0.3, -0.25) is 9.78 Å². The number of nitrogens with zero attached hydrogens (tertiary/aromatic N) is 1. The maximum absolute atomic E-state index is 12.1. The molecule has 0 bridgehead atoms. The van der Waals surface area contributed by atoms with E-state index in [0.717, 1.165) is 31.5 Å². The van der Waals surface area contributed by atoms with Gasteiger partial charge < -0.3 is 15.4 Å². The smallest absolute Gasteiger partial charge is 0.270 e. The molecule has 1 heterocycles. The van der Waals surface area contributed by atoms with Gasteiger partial charge in [-0.05, 0) is 38.3 Å². The van der Waals surface area contributed by atoms with Gasteiger partial charge in [0.25, 0.3) is 5.91 Å². The Hall–Kier alpha value is -1.62. The second-order valence-electron chi connectivity index (χ2n) is 4.80. The van der Waals surface area contributed by atoms with E-state index in [9.17, 15) is 4.79 Å². The Morgan fingerprint density at radius 1 is 1.53 bits per heavy atom. The SMILES string of the molecule is CCNc1ccnc(C(=O)NC2CCC(OC)C2)c1. The van der Waals surface area contributed by atoms with Crippen molar-refractivity contribution in [2.45, 2.75) is 38.3 Å². The molecular weight excluding hydrogens is 242 g/mol. The molecule has 0 spiro atoms. The summed E-state index contributed by atoms with van der Waals surface area (Å²) in [6.07, 6.45) is 4.78. The molecule has 1 aromatic rings. The molecule has 0 radical (unpaired) electrons. The molecule has 1 aliphatic rings. The topological polar surface area (TPSA) is 63.2 Å². The number of pyridine rings is 1. The average Bonchev–Trinajstić information content (AvgIpc) is 2.87. The van der Waals surface area contributed by atoms with Crippen molar-refractivity contribution in [2.24, 2.45) is 0 Å². The number of hydrogen-bond donors (Lipinski definition) is 2. The molecule has 1 saturated carbocycles. The summed E-state index contributed by atoms with van der Waals surface area (Å²) in [5.41, 5.74) is 1.38. The molecule has 2 unspecified atom stereocenters. The van der Waals surface area contributed by atoms with E-state index < -0.39 is 0 Å². The molecule has 104 valence electrons. The molecular formula is C14H21N3O2. The first-order valence-electron chi connectivity index (χ1n) is 6.76. The molecule has 19 heavy (non-hydrogen) atoms. The zero-order valence-electron chi connectivity index (χ0n) is 11.5. The Balaban J connectivity index is 1.94. The van der Waals surface area contributed by atoms with Crippen LogP contribution in [0.1, 0.15) is 36.7 Å². The van der Waals surface area contributed by atoms with Crippen LogP contribution in [0.3, 0.4) is 0 Å². The monoisotopic (exact) mass is 263 g/mol. The third kappa shape index (κ3) is 3.67. The summed E-state index contributed by atoms with van der Waals surface area (Å²) < 4.78 is 5.30. The van der Waals surface area contributed by atoms with Crippen LogP contribution in [0, 0.1) is 0 Å². The summed E-state index contributed by atoms with van der Waals surface area (Å²) in [5, 5.41) is 6.19. The van der Waals surface area contributed by atoms with Crippen molar-refractivity contribution >= 4 is 11.6 Å². The zero-order chi connectivity index (χ0) is 13.7. The highest BCUT2D eigenvalue weighted by Crippen LogP contribution is 2.21. The van der Waals surface area contributed by atoms with Gasteiger partial charge in [-0.1, -0.05) is 0 Å². The number of methoxy groups -OCH3 is 1. The maximum Gasteiger partial charge on any atom is 0.270 e. The van der Waals surface area contributed by atoms with Crippen LogP contribution in [0.5, 0.6) is 0 Å². The molecule has 2 atom stereocenters. The molecule has 5 heteroatoms. The Morgan fingerprint density at radius 2 is 2.37 bits per heavy atom. The average molecular weight is 263 g/mol. The highest BCUT2D eigenvalue weighted by Gasteiger charge is 2.26. The van der Waals surface area contributed by atoms with E-state index in [0.29, 0.717) is 5.69 Å². The minimum Gasteiger partial charge on any atom is -0.385 e. The van der Waals surface area contributed by atoms with Crippen LogP contribution in [-0.4, -0.2) is 36.7 Å². The minimum atomic E-state index is -0.110. The van der Waals surface area contributed by atoms with Crippen molar-refractivity contribution in [3.05, 3.63) is 24.0 Å². The molecule has 2 N–H and O–H groups in total. The summed E-state index contributed by atoms with van der Waals surface area (Å²) in [7, 11) is 1.72. The van der Waals surface area contributed by atoms with Crippen molar-refractivity contribution in [1.29, 1.82) is 0 Å². The molecule has 1 amide bonds. The van der Waals surface area contributed by atoms with E-state index in [4.69, 9.17) is 4.74 Å².